The Morgan fingerprint density at radius 1 is 1.56 bits per heavy atom. The number of halogens is 1. The van der Waals surface area contributed by atoms with E-state index in [2.05, 4.69) is 0 Å². The number of ether oxygens (including phenoxy) is 2. The van der Waals surface area contributed by atoms with Crippen LogP contribution in [0.3, 0.4) is 0 Å². The first kappa shape index (κ1) is 11.2. The Hall–Kier alpha value is -1.26. The molecule has 4 heteroatoms. The number of carbonyl (C=O) groups is 1. The SMILES string of the molecule is O=C(COC1CCOC1)c1cccc(F)c1. The Morgan fingerprint density at radius 2 is 2.44 bits per heavy atom. The molecule has 16 heavy (non-hydrogen) atoms. The summed E-state index contributed by atoms with van der Waals surface area (Å²) in [6, 6.07) is 5.63. The number of Topliss-reactive ketones (excluding diaryl/α,β-unsaturated/α-hetero) is 1. The van der Waals surface area contributed by atoms with Crippen LogP contribution in [0.25, 0.3) is 0 Å². The summed E-state index contributed by atoms with van der Waals surface area (Å²) in [5.74, 6) is -0.610. The van der Waals surface area contributed by atoms with Crippen molar-refractivity contribution in [2.24, 2.45) is 0 Å². The van der Waals surface area contributed by atoms with E-state index < -0.39 is 5.82 Å². The van der Waals surface area contributed by atoms with E-state index in [9.17, 15) is 9.18 Å². The molecule has 1 saturated heterocycles. The van der Waals surface area contributed by atoms with E-state index in [1.54, 1.807) is 6.07 Å². The third kappa shape index (κ3) is 2.87. The molecule has 1 heterocycles. The monoisotopic (exact) mass is 224 g/mol. The minimum absolute atomic E-state index is 0.00231. The van der Waals surface area contributed by atoms with Crippen molar-refractivity contribution in [3.05, 3.63) is 35.6 Å². The first-order chi connectivity index (χ1) is 7.75. The van der Waals surface area contributed by atoms with Gasteiger partial charge in [0, 0.05) is 12.2 Å². The van der Waals surface area contributed by atoms with Gasteiger partial charge in [0.05, 0.1) is 12.7 Å². The molecule has 1 unspecified atom stereocenters. The molecule has 1 fully saturated rings. The molecule has 0 radical (unpaired) electrons. The van der Waals surface area contributed by atoms with E-state index in [0.29, 0.717) is 18.8 Å². The van der Waals surface area contributed by atoms with Gasteiger partial charge in [0.15, 0.2) is 5.78 Å². The molecule has 2 rings (SSSR count). The largest absolute Gasteiger partial charge is 0.379 e. The summed E-state index contributed by atoms with van der Waals surface area (Å²) >= 11 is 0. The van der Waals surface area contributed by atoms with Crippen LogP contribution >= 0.6 is 0 Å². The Bertz CT molecular complexity index is 372. The van der Waals surface area contributed by atoms with E-state index in [4.69, 9.17) is 9.47 Å². The number of benzene rings is 1. The molecule has 0 aliphatic carbocycles. The fraction of sp³-hybridized carbons (Fsp3) is 0.417. The normalized spacial score (nSPS) is 19.9. The summed E-state index contributed by atoms with van der Waals surface area (Å²) in [4.78, 5) is 11.6. The van der Waals surface area contributed by atoms with Crippen LogP contribution in [0, 0.1) is 5.82 Å². The Labute approximate surface area is 93.2 Å². The third-order valence-corrected chi connectivity index (χ3v) is 2.48. The zero-order chi connectivity index (χ0) is 11.4. The van der Waals surface area contributed by atoms with Crippen molar-refractivity contribution >= 4 is 5.78 Å². The molecule has 0 saturated carbocycles. The summed E-state index contributed by atoms with van der Waals surface area (Å²) < 4.78 is 23.3. The molecule has 1 aliphatic rings. The van der Waals surface area contributed by atoms with Gasteiger partial charge >= 0.3 is 0 Å². The van der Waals surface area contributed by atoms with Crippen LogP contribution in [0.4, 0.5) is 4.39 Å². The molecular weight excluding hydrogens is 211 g/mol. The van der Waals surface area contributed by atoms with Crippen LogP contribution < -0.4 is 0 Å². The topological polar surface area (TPSA) is 35.5 Å². The first-order valence-electron chi connectivity index (χ1n) is 5.24. The van der Waals surface area contributed by atoms with Gasteiger partial charge in [0.2, 0.25) is 0 Å². The van der Waals surface area contributed by atoms with E-state index in [0.717, 1.165) is 6.42 Å². The van der Waals surface area contributed by atoms with E-state index in [-0.39, 0.29) is 18.5 Å². The number of hydrogen-bond acceptors (Lipinski definition) is 3. The molecule has 1 atom stereocenters. The fourth-order valence-corrected chi connectivity index (χ4v) is 1.58. The van der Waals surface area contributed by atoms with Crippen molar-refractivity contribution in [3.63, 3.8) is 0 Å². The second-order valence-electron chi connectivity index (χ2n) is 3.73. The highest BCUT2D eigenvalue weighted by Crippen LogP contribution is 2.10. The van der Waals surface area contributed by atoms with Gasteiger partial charge in [-0.15, -0.1) is 0 Å². The average molecular weight is 224 g/mol. The molecule has 0 bridgehead atoms. The second kappa shape index (κ2) is 5.18. The lowest BCUT2D eigenvalue weighted by Crippen LogP contribution is -2.18. The van der Waals surface area contributed by atoms with E-state index in [1.165, 1.54) is 18.2 Å². The van der Waals surface area contributed by atoms with Gasteiger partial charge in [-0.1, -0.05) is 12.1 Å². The fourth-order valence-electron chi connectivity index (χ4n) is 1.58. The van der Waals surface area contributed by atoms with Crippen molar-refractivity contribution in [2.75, 3.05) is 19.8 Å². The van der Waals surface area contributed by atoms with Gasteiger partial charge in [0.25, 0.3) is 0 Å². The van der Waals surface area contributed by atoms with Crippen molar-refractivity contribution in [2.45, 2.75) is 12.5 Å². The molecule has 0 N–H and O–H groups in total. The molecule has 0 aromatic heterocycles. The lowest BCUT2D eigenvalue weighted by molar-refractivity contribution is 0.0390. The molecule has 0 spiro atoms. The lowest BCUT2D eigenvalue weighted by Gasteiger charge is -2.08. The molecule has 3 nitrogen and oxygen atoms in total. The van der Waals surface area contributed by atoms with Crippen LogP contribution in [-0.4, -0.2) is 31.7 Å². The summed E-state index contributed by atoms with van der Waals surface area (Å²) in [5, 5.41) is 0. The smallest absolute Gasteiger partial charge is 0.188 e. The van der Waals surface area contributed by atoms with Crippen LogP contribution in [0.5, 0.6) is 0 Å². The quantitative estimate of drug-likeness (QED) is 0.732. The Kier molecular flexibility index (Phi) is 3.64. The summed E-state index contributed by atoms with van der Waals surface area (Å²) in [7, 11) is 0. The maximum Gasteiger partial charge on any atom is 0.188 e. The Balaban J connectivity index is 1.87. The van der Waals surface area contributed by atoms with Crippen molar-refractivity contribution in [1.29, 1.82) is 0 Å². The lowest BCUT2D eigenvalue weighted by atomic mass is 10.1. The van der Waals surface area contributed by atoms with Gasteiger partial charge in [0.1, 0.15) is 12.4 Å². The first-order valence-corrected chi connectivity index (χ1v) is 5.24. The third-order valence-electron chi connectivity index (χ3n) is 2.48. The van der Waals surface area contributed by atoms with Crippen molar-refractivity contribution in [1.82, 2.24) is 0 Å². The number of carbonyl (C=O) groups excluding carboxylic acids is 1. The minimum Gasteiger partial charge on any atom is -0.379 e. The minimum atomic E-state index is -0.407. The van der Waals surface area contributed by atoms with E-state index >= 15 is 0 Å². The molecular formula is C12H13FO3. The standard InChI is InChI=1S/C12H13FO3/c13-10-3-1-2-9(6-10)12(14)8-16-11-4-5-15-7-11/h1-3,6,11H,4-5,7-8H2. The molecule has 0 amide bonds. The number of ketones is 1. The van der Waals surface area contributed by atoms with Crippen molar-refractivity contribution < 1.29 is 18.7 Å². The van der Waals surface area contributed by atoms with Gasteiger partial charge < -0.3 is 9.47 Å². The van der Waals surface area contributed by atoms with Crippen LogP contribution in [0.15, 0.2) is 24.3 Å². The molecule has 1 aromatic rings. The van der Waals surface area contributed by atoms with Gasteiger partial charge in [-0.3, -0.25) is 4.79 Å². The highest BCUT2D eigenvalue weighted by atomic mass is 19.1. The van der Waals surface area contributed by atoms with Gasteiger partial charge in [-0.05, 0) is 18.6 Å². The van der Waals surface area contributed by atoms with Gasteiger partial charge in [-0.25, -0.2) is 4.39 Å². The molecule has 86 valence electrons. The van der Waals surface area contributed by atoms with Crippen LogP contribution in [-0.2, 0) is 9.47 Å². The summed E-state index contributed by atoms with van der Waals surface area (Å²) in [5.41, 5.74) is 0.346. The zero-order valence-electron chi connectivity index (χ0n) is 8.82. The highest BCUT2D eigenvalue weighted by molar-refractivity contribution is 5.97. The average Bonchev–Trinajstić information content (AvgIpc) is 2.78. The zero-order valence-corrected chi connectivity index (χ0v) is 8.82. The number of hydrogen-bond donors (Lipinski definition) is 0. The van der Waals surface area contributed by atoms with Gasteiger partial charge in [-0.2, -0.15) is 0 Å². The summed E-state index contributed by atoms with van der Waals surface area (Å²) in [6.45, 7) is 1.20. The Morgan fingerprint density at radius 3 is 3.12 bits per heavy atom. The highest BCUT2D eigenvalue weighted by Gasteiger charge is 2.17. The second-order valence-corrected chi connectivity index (χ2v) is 3.73. The maximum atomic E-state index is 12.9. The predicted octanol–water partition coefficient (Wildman–Crippen LogP) is 1.81. The van der Waals surface area contributed by atoms with Crippen LogP contribution in [0.2, 0.25) is 0 Å². The molecule has 1 aliphatic heterocycles. The van der Waals surface area contributed by atoms with Crippen molar-refractivity contribution in [3.8, 4) is 0 Å². The number of rotatable bonds is 4. The predicted molar refractivity (Wildman–Crippen MR) is 55.9 cm³/mol. The maximum absolute atomic E-state index is 12.9. The molecule has 1 aromatic carbocycles. The van der Waals surface area contributed by atoms with Crippen LogP contribution in [0.1, 0.15) is 16.8 Å². The summed E-state index contributed by atoms with van der Waals surface area (Å²) in [6.07, 6.45) is 0.814. The van der Waals surface area contributed by atoms with E-state index in [1.807, 2.05) is 0 Å².